The van der Waals surface area contributed by atoms with E-state index in [2.05, 4.69) is 0 Å². The minimum Gasteiger partial charge on any atom is -0.302 e. The molecule has 1 atom stereocenters. The molecule has 1 unspecified atom stereocenters. The fourth-order valence-corrected chi connectivity index (χ4v) is 0. The third-order valence-corrected chi connectivity index (χ3v) is 0.637. The van der Waals surface area contributed by atoms with Crippen LogP contribution in [0.3, 0.4) is 0 Å². The van der Waals surface area contributed by atoms with Crippen LogP contribution in [-0.4, -0.2) is 6.30 Å². The zero-order chi connectivity index (χ0) is 5.15. The summed E-state index contributed by atoms with van der Waals surface area (Å²) in [4.78, 5) is 0. The lowest BCUT2D eigenvalue weighted by Gasteiger charge is -2.01. The molecule has 0 fully saturated rings. The molecule has 38 valence electrons. The minimum absolute atomic E-state index is 0.0370. The Labute approximate surface area is 37.3 Å². The lowest BCUT2D eigenvalue weighted by atomic mass is 10.2. The van der Waals surface area contributed by atoms with Gasteiger partial charge in [-0.25, -0.2) is 4.39 Å². The summed E-state index contributed by atoms with van der Waals surface area (Å²) in [5, 5.41) is 0. The van der Waals surface area contributed by atoms with Crippen LogP contribution in [-0.2, 0) is 0 Å². The number of rotatable bonds is 1. The Hall–Kier alpha value is -0.110. The molecule has 0 rings (SSSR count). The Kier molecular flexibility index (Phi) is 2.09. The van der Waals surface area contributed by atoms with Gasteiger partial charge in [-0.1, -0.05) is 13.8 Å². The molecule has 0 aliphatic carbocycles. The topological polar surface area (TPSA) is 26.0 Å². The molecular weight excluding hydrogens is 81.0 g/mol. The number of hydrogen-bond acceptors (Lipinski definition) is 1. The first-order valence-electron chi connectivity index (χ1n) is 2.04. The second-order valence-corrected chi connectivity index (χ2v) is 1.69. The average Bonchev–Trinajstić information content (AvgIpc) is 1.36. The summed E-state index contributed by atoms with van der Waals surface area (Å²) in [6, 6.07) is 0. The summed E-state index contributed by atoms with van der Waals surface area (Å²) in [6.07, 6.45) is -1.15. The van der Waals surface area contributed by atoms with E-state index in [1.54, 1.807) is 13.8 Å². The third-order valence-electron chi connectivity index (χ3n) is 0.637. The number of halogens is 1. The highest BCUT2D eigenvalue weighted by Gasteiger charge is 2.00. The molecule has 0 spiro atoms. The normalized spacial score (nSPS) is 15.5. The molecule has 0 aromatic rings. The van der Waals surface area contributed by atoms with Gasteiger partial charge in [-0.3, -0.25) is 0 Å². The first-order chi connectivity index (χ1) is 2.64. The van der Waals surface area contributed by atoms with Crippen LogP contribution >= 0.6 is 0 Å². The Balaban J connectivity index is 2.99. The van der Waals surface area contributed by atoms with Gasteiger partial charge in [-0.05, 0) is 5.92 Å². The van der Waals surface area contributed by atoms with Crippen LogP contribution in [0.4, 0.5) is 4.39 Å². The van der Waals surface area contributed by atoms with Crippen LogP contribution < -0.4 is 5.73 Å². The Morgan fingerprint density at radius 3 is 1.67 bits per heavy atom. The predicted octanol–water partition coefficient (Wildman–Crippen LogP) is 0.897. The van der Waals surface area contributed by atoms with Crippen LogP contribution in [0.2, 0.25) is 0 Å². The van der Waals surface area contributed by atoms with E-state index >= 15 is 0 Å². The van der Waals surface area contributed by atoms with Gasteiger partial charge in [-0.2, -0.15) is 0 Å². The van der Waals surface area contributed by atoms with E-state index in [1.165, 1.54) is 0 Å². The van der Waals surface area contributed by atoms with Crippen molar-refractivity contribution in [3.8, 4) is 0 Å². The van der Waals surface area contributed by atoms with E-state index in [-0.39, 0.29) is 5.92 Å². The summed E-state index contributed by atoms with van der Waals surface area (Å²) in [5.41, 5.74) is 4.77. The van der Waals surface area contributed by atoms with Gasteiger partial charge in [0.1, 0.15) is 0 Å². The van der Waals surface area contributed by atoms with Gasteiger partial charge in [0.2, 0.25) is 0 Å². The molecule has 0 bridgehead atoms. The van der Waals surface area contributed by atoms with E-state index in [0.29, 0.717) is 0 Å². The zero-order valence-corrected chi connectivity index (χ0v) is 4.11. The van der Waals surface area contributed by atoms with Crippen molar-refractivity contribution in [3.05, 3.63) is 0 Å². The number of alkyl halides is 1. The van der Waals surface area contributed by atoms with Gasteiger partial charge in [0.15, 0.2) is 6.30 Å². The maximum absolute atomic E-state index is 11.6. The molecular formula is C4H10FN. The van der Waals surface area contributed by atoms with E-state index in [4.69, 9.17) is 5.73 Å². The second kappa shape index (κ2) is 2.13. The summed E-state index contributed by atoms with van der Waals surface area (Å²) in [6.45, 7) is 3.48. The molecule has 0 saturated carbocycles. The Morgan fingerprint density at radius 1 is 1.50 bits per heavy atom. The monoisotopic (exact) mass is 91.1 g/mol. The molecule has 0 amide bonds. The van der Waals surface area contributed by atoms with Gasteiger partial charge in [0, 0.05) is 0 Å². The molecule has 0 aromatic heterocycles. The molecule has 0 aliphatic rings. The summed E-state index contributed by atoms with van der Waals surface area (Å²) in [7, 11) is 0. The van der Waals surface area contributed by atoms with E-state index < -0.39 is 6.30 Å². The number of hydrogen-bond donors (Lipinski definition) is 1. The molecule has 6 heavy (non-hydrogen) atoms. The maximum atomic E-state index is 11.6. The molecule has 0 radical (unpaired) electrons. The van der Waals surface area contributed by atoms with Gasteiger partial charge >= 0.3 is 0 Å². The van der Waals surface area contributed by atoms with Crippen molar-refractivity contribution >= 4 is 0 Å². The van der Waals surface area contributed by atoms with Crippen molar-refractivity contribution < 1.29 is 4.39 Å². The van der Waals surface area contributed by atoms with Crippen LogP contribution in [0, 0.1) is 5.92 Å². The average molecular weight is 91.1 g/mol. The van der Waals surface area contributed by atoms with E-state index in [0.717, 1.165) is 0 Å². The SMILES string of the molecule is CC(C)C(N)F. The Morgan fingerprint density at radius 2 is 1.67 bits per heavy atom. The lowest BCUT2D eigenvalue weighted by molar-refractivity contribution is 0.264. The quantitative estimate of drug-likeness (QED) is 0.476. The smallest absolute Gasteiger partial charge is 0.151 e. The molecule has 1 nitrogen and oxygen atoms in total. The van der Waals surface area contributed by atoms with Crippen LogP contribution in [0.15, 0.2) is 0 Å². The van der Waals surface area contributed by atoms with Gasteiger partial charge in [-0.15, -0.1) is 0 Å². The first-order valence-corrected chi connectivity index (χ1v) is 2.04. The van der Waals surface area contributed by atoms with E-state index in [9.17, 15) is 4.39 Å². The second-order valence-electron chi connectivity index (χ2n) is 1.69. The first kappa shape index (κ1) is 5.89. The summed E-state index contributed by atoms with van der Waals surface area (Å²) >= 11 is 0. The van der Waals surface area contributed by atoms with Crippen molar-refractivity contribution in [1.82, 2.24) is 0 Å². The fourth-order valence-electron chi connectivity index (χ4n) is 0. The fraction of sp³-hybridized carbons (Fsp3) is 1.00. The van der Waals surface area contributed by atoms with Gasteiger partial charge in [0.05, 0.1) is 0 Å². The molecule has 0 saturated heterocycles. The standard InChI is InChI=1S/C4H10FN/c1-3(2)4(5)6/h3-4H,6H2,1-2H3. The van der Waals surface area contributed by atoms with Gasteiger partial charge < -0.3 is 5.73 Å². The van der Waals surface area contributed by atoms with Crippen molar-refractivity contribution in [3.63, 3.8) is 0 Å². The minimum atomic E-state index is -1.15. The molecule has 0 heterocycles. The summed E-state index contributed by atoms with van der Waals surface area (Å²) in [5.74, 6) is -0.0370. The molecule has 0 aliphatic heterocycles. The Bertz CT molecular complexity index is 28.5. The molecule has 0 aromatic carbocycles. The van der Waals surface area contributed by atoms with Crippen LogP contribution in [0.1, 0.15) is 13.8 Å². The van der Waals surface area contributed by atoms with Crippen molar-refractivity contribution in [2.75, 3.05) is 0 Å². The van der Waals surface area contributed by atoms with Gasteiger partial charge in [0.25, 0.3) is 0 Å². The zero-order valence-electron chi connectivity index (χ0n) is 4.11. The highest BCUT2D eigenvalue weighted by molar-refractivity contribution is 4.47. The number of nitrogens with two attached hydrogens (primary N) is 1. The van der Waals surface area contributed by atoms with Crippen molar-refractivity contribution in [2.45, 2.75) is 20.1 Å². The largest absolute Gasteiger partial charge is 0.302 e. The maximum Gasteiger partial charge on any atom is 0.151 e. The summed E-state index contributed by atoms with van der Waals surface area (Å²) < 4.78 is 11.6. The van der Waals surface area contributed by atoms with E-state index in [1.807, 2.05) is 0 Å². The highest BCUT2D eigenvalue weighted by atomic mass is 19.1. The van der Waals surface area contributed by atoms with Crippen molar-refractivity contribution in [1.29, 1.82) is 0 Å². The predicted molar refractivity (Wildman–Crippen MR) is 23.9 cm³/mol. The molecule has 2 heteroatoms. The van der Waals surface area contributed by atoms with Crippen molar-refractivity contribution in [2.24, 2.45) is 11.7 Å². The third kappa shape index (κ3) is 2.15. The molecule has 2 N–H and O–H groups in total. The van der Waals surface area contributed by atoms with Crippen LogP contribution in [0.25, 0.3) is 0 Å². The van der Waals surface area contributed by atoms with Crippen LogP contribution in [0.5, 0.6) is 0 Å². The highest BCUT2D eigenvalue weighted by Crippen LogP contribution is 1.96. The lowest BCUT2D eigenvalue weighted by Crippen LogP contribution is -2.19.